The fraction of sp³-hybridized carbons (Fsp3) is 0.600. The summed E-state index contributed by atoms with van der Waals surface area (Å²) in [6.07, 6.45) is 4.13. The van der Waals surface area contributed by atoms with Crippen molar-refractivity contribution in [3.05, 3.63) is 22.8 Å². The van der Waals surface area contributed by atoms with Crippen LogP contribution in [0.1, 0.15) is 42.4 Å². The number of sulfonamides is 1. The number of anilines is 1. The van der Waals surface area contributed by atoms with Gasteiger partial charge in [-0.3, -0.25) is 0 Å². The topological polar surface area (TPSA) is 63.4 Å². The van der Waals surface area contributed by atoms with Crippen LogP contribution in [0.4, 0.5) is 5.69 Å². The first-order chi connectivity index (χ1) is 9.26. The van der Waals surface area contributed by atoms with Crippen LogP contribution in [0, 0.1) is 20.8 Å². The molecule has 1 fully saturated rings. The van der Waals surface area contributed by atoms with E-state index in [0.717, 1.165) is 36.8 Å². The number of hydrogen-bond donors (Lipinski definition) is 1. The molecule has 0 radical (unpaired) electrons. The molecule has 0 aliphatic heterocycles. The van der Waals surface area contributed by atoms with Crippen LogP contribution in [0.5, 0.6) is 0 Å². The van der Waals surface area contributed by atoms with Gasteiger partial charge in [0.25, 0.3) is 0 Å². The second kappa shape index (κ2) is 5.37. The fourth-order valence-corrected chi connectivity index (χ4v) is 5.04. The van der Waals surface area contributed by atoms with Gasteiger partial charge < -0.3 is 5.73 Å². The average Bonchev–Trinajstić information content (AvgIpc) is 2.88. The molecule has 1 aromatic carbocycles. The number of nitrogens with zero attached hydrogens (tertiary/aromatic N) is 1. The molecule has 0 atom stereocenters. The molecule has 1 aliphatic rings. The zero-order valence-electron chi connectivity index (χ0n) is 12.7. The Morgan fingerprint density at radius 3 is 2.25 bits per heavy atom. The van der Waals surface area contributed by atoms with E-state index in [1.165, 1.54) is 0 Å². The Morgan fingerprint density at radius 1 is 1.15 bits per heavy atom. The number of benzene rings is 1. The highest BCUT2D eigenvalue weighted by atomic mass is 32.2. The number of aryl methyl sites for hydroxylation is 2. The standard InChI is InChI=1S/C15H24N2O2S/c1-10-9-11(2)15(12(3)14(10)16)20(18,19)17(4)13-7-5-6-8-13/h9,13H,5-8,16H2,1-4H3. The third kappa shape index (κ3) is 2.44. The first kappa shape index (κ1) is 15.3. The SMILES string of the molecule is Cc1cc(C)c(S(=O)(=O)N(C)C2CCCC2)c(C)c1N. The third-order valence-corrected chi connectivity index (χ3v) is 6.64. The summed E-state index contributed by atoms with van der Waals surface area (Å²) < 4.78 is 27.3. The molecule has 1 aromatic rings. The molecule has 4 nitrogen and oxygen atoms in total. The summed E-state index contributed by atoms with van der Waals surface area (Å²) in [6, 6.07) is 1.99. The first-order valence-corrected chi connectivity index (χ1v) is 8.55. The Morgan fingerprint density at radius 2 is 1.70 bits per heavy atom. The molecule has 0 spiro atoms. The van der Waals surface area contributed by atoms with Crippen molar-refractivity contribution < 1.29 is 8.42 Å². The average molecular weight is 296 g/mol. The molecule has 0 unspecified atom stereocenters. The second-order valence-corrected chi connectivity index (χ2v) is 7.77. The molecule has 2 rings (SSSR count). The number of nitrogens with two attached hydrogens (primary N) is 1. The Kier molecular flexibility index (Phi) is 4.12. The van der Waals surface area contributed by atoms with Gasteiger partial charge in [-0.1, -0.05) is 18.9 Å². The van der Waals surface area contributed by atoms with Gasteiger partial charge >= 0.3 is 0 Å². The normalized spacial score (nSPS) is 17.1. The lowest BCUT2D eigenvalue weighted by atomic mass is 10.1. The maximum absolute atomic E-state index is 12.9. The third-order valence-electron chi connectivity index (χ3n) is 4.44. The lowest BCUT2D eigenvalue weighted by Gasteiger charge is -2.26. The van der Waals surface area contributed by atoms with Gasteiger partial charge in [0.2, 0.25) is 10.0 Å². The van der Waals surface area contributed by atoms with Crippen molar-refractivity contribution in [2.45, 2.75) is 57.4 Å². The van der Waals surface area contributed by atoms with E-state index in [1.807, 2.05) is 19.9 Å². The highest BCUT2D eigenvalue weighted by Crippen LogP contribution is 2.33. The van der Waals surface area contributed by atoms with Gasteiger partial charge in [-0.25, -0.2) is 8.42 Å². The van der Waals surface area contributed by atoms with Crippen LogP contribution in [-0.4, -0.2) is 25.8 Å². The Labute approximate surface area is 122 Å². The van der Waals surface area contributed by atoms with Crippen LogP contribution in [0.3, 0.4) is 0 Å². The summed E-state index contributed by atoms with van der Waals surface area (Å²) in [5, 5.41) is 0. The molecule has 20 heavy (non-hydrogen) atoms. The van der Waals surface area contributed by atoms with Gasteiger partial charge in [0.15, 0.2) is 0 Å². The van der Waals surface area contributed by atoms with Gasteiger partial charge in [0.1, 0.15) is 0 Å². The van der Waals surface area contributed by atoms with Crippen molar-refractivity contribution in [2.75, 3.05) is 12.8 Å². The smallest absolute Gasteiger partial charge is 0.243 e. The van der Waals surface area contributed by atoms with Crippen LogP contribution >= 0.6 is 0 Å². The molecule has 112 valence electrons. The van der Waals surface area contributed by atoms with E-state index < -0.39 is 10.0 Å². The van der Waals surface area contributed by atoms with Crippen molar-refractivity contribution in [3.63, 3.8) is 0 Å². The van der Waals surface area contributed by atoms with E-state index in [-0.39, 0.29) is 6.04 Å². The zero-order valence-corrected chi connectivity index (χ0v) is 13.5. The molecule has 0 aromatic heterocycles. The molecule has 0 heterocycles. The monoisotopic (exact) mass is 296 g/mol. The fourth-order valence-electron chi connectivity index (χ4n) is 3.19. The first-order valence-electron chi connectivity index (χ1n) is 7.11. The molecule has 5 heteroatoms. The maximum Gasteiger partial charge on any atom is 0.243 e. The van der Waals surface area contributed by atoms with Crippen LogP contribution in [-0.2, 0) is 10.0 Å². The van der Waals surface area contributed by atoms with E-state index in [0.29, 0.717) is 16.1 Å². The summed E-state index contributed by atoms with van der Waals surface area (Å²) in [7, 11) is -1.77. The Balaban J connectivity index is 2.52. The van der Waals surface area contributed by atoms with Gasteiger partial charge in [-0.15, -0.1) is 0 Å². The van der Waals surface area contributed by atoms with Crippen LogP contribution in [0.2, 0.25) is 0 Å². The summed E-state index contributed by atoms with van der Waals surface area (Å²) in [4.78, 5) is 0.384. The molecule has 0 amide bonds. The van der Waals surface area contributed by atoms with E-state index in [2.05, 4.69) is 0 Å². The van der Waals surface area contributed by atoms with Crippen LogP contribution in [0.25, 0.3) is 0 Å². The van der Waals surface area contributed by atoms with Gasteiger partial charge in [0.05, 0.1) is 4.90 Å². The van der Waals surface area contributed by atoms with Gasteiger partial charge in [-0.2, -0.15) is 4.31 Å². The number of rotatable bonds is 3. The van der Waals surface area contributed by atoms with Crippen molar-refractivity contribution in [1.29, 1.82) is 0 Å². The van der Waals surface area contributed by atoms with E-state index in [1.54, 1.807) is 18.3 Å². The molecular formula is C15H24N2O2S. The highest BCUT2D eigenvalue weighted by molar-refractivity contribution is 7.89. The van der Waals surface area contributed by atoms with Crippen molar-refractivity contribution in [3.8, 4) is 0 Å². The maximum atomic E-state index is 12.9. The van der Waals surface area contributed by atoms with Crippen molar-refractivity contribution in [1.82, 2.24) is 4.31 Å². The minimum atomic E-state index is -3.47. The molecular weight excluding hydrogens is 272 g/mol. The van der Waals surface area contributed by atoms with Gasteiger partial charge in [-0.05, 0) is 50.3 Å². The van der Waals surface area contributed by atoms with Gasteiger partial charge in [0, 0.05) is 18.8 Å². The van der Waals surface area contributed by atoms with E-state index in [9.17, 15) is 8.42 Å². The highest BCUT2D eigenvalue weighted by Gasteiger charge is 2.32. The summed E-state index contributed by atoms with van der Waals surface area (Å²) in [5.74, 6) is 0. The lowest BCUT2D eigenvalue weighted by molar-refractivity contribution is 0.372. The summed E-state index contributed by atoms with van der Waals surface area (Å²) >= 11 is 0. The number of nitrogen functional groups attached to an aromatic ring is 1. The van der Waals surface area contributed by atoms with Crippen LogP contribution in [0.15, 0.2) is 11.0 Å². The number of hydrogen-bond acceptors (Lipinski definition) is 3. The zero-order chi connectivity index (χ0) is 15.1. The Hall–Kier alpha value is -1.07. The largest absolute Gasteiger partial charge is 0.398 e. The second-order valence-electron chi connectivity index (χ2n) is 5.84. The van der Waals surface area contributed by atoms with E-state index in [4.69, 9.17) is 5.73 Å². The van der Waals surface area contributed by atoms with E-state index >= 15 is 0 Å². The predicted molar refractivity (Wildman–Crippen MR) is 82.3 cm³/mol. The van der Waals surface area contributed by atoms with Crippen molar-refractivity contribution in [2.24, 2.45) is 0 Å². The quantitative estimate of drug-likeness (QED) is 0.872. The predicted octanol–water partition coefficient (Wildman–Crippen LogP) is 2.76. The summed E-state index contributed by atoms with van der Waals surface area (Å²) in [6.45, 7) is 5.55. The molecule has 0 saturated heterocycles. The van der Waals surface area contributed by atoms with Crippen LogP contribution < -0.4 is 5.73 Å². The summed E-state index contributed by atoms with van der Waals surface area (Å²) in [5.41, 5.74) is 8.98. The molecule has 0 bridgehead atoms. The minimum Gasteiger partial charge on any atom is -0.398 e. The van der Waals surface area contributed by atoms with Crippen molar-refractivity contribution >= 4 is 15.7 Å². The molecule has 1 aliphatic carbocycles. The molecule has 1 saturated carbocycles. The lowest BCUT2D eigenvalue weighted by Crippen LogP contribution is -2.36. The minimum absolute atomic E-state index is 0.126. The Bertz CT molecular complexity index is 617. The molecule has 2 N–H and O–H groups in total.